The summed E-state index contributed by atoms with van der Waals surface area (Å²) in [6, 6.07) is -1.01. The van der Waals surface area contributed by atoms with Crippen molar-refractivity contribution in [3.8, 4) is 0 Å². The Morgan fingerprint density at radius 2 is 0.583 bits per heavy atom. The monoisotopic (exact) mass is 1010 g/mol. The Hall–Kier alpha value is -1.47. The first-order valence-corrected chi connectivity index (χ1v) is 32.4. The summed E-state index contributed by atoms with van der Waals surface area (Å²) in [5.41, 5.74) is 0. The zero-order valence-electron chi connectivity index (χ0n) is 48.4. The van der Waals surface area contributed by atoms with Crippen LogP contribution in [0.5, 0.6) is 0 Å². The van der Waals surface area contributed by atoms with Crippen LogP contribution in [-0.2, 0) is 4.79 Å². The molecule has 0 bridgehead atoms. The molecule has 72 heavy (non-hydrogen) atoms. The maximum Gasteiger partial charge on any atom is 0.249 e. The van der Waals surface area contributed by atoms with Gasteiger partial charge in [-0.3, -0.25) is 4.79 Å². The topological polar surface area (TPSA) is 110 Å². The Balaban J connectivity index is 3.63. The molecule has 4 unspecified atom stereocenters. The lowest BCUT2D eigenvalue weighted by Gasteiger charge is -2.27. The molecule has 0 heterocycles. The molecule has 0 aromatic carbocycles. The van der Waals surface area contributed by atoms with E-state index in [4.69, 9.17) is 0 Å². The van der Waals surface area contributed by atoms with Gasteiger partial charge in [0.15, 0.2) is 0 Å². The highest BCUT2D eigenvalue weighted by atomic mass is 16.3. The van der Waals surface area contributed by atoms with Crippen molar-refractivity contribution in [3.05, 3.63) is 36.5 Å². The zero-order valence-corrected chi connectivity index (χ0v) is 48.4. The number of aliphatic hydroxyl groups is 4. The van der Waals surface area contributed by atoms with Gasteiger partial charge in [-0.15, -0.1) is 0 Å². The number of aliphatic hydroxyl groups excluding tert-OH is 4. The molecular formula is C66H127NO5. The van der Waals surface area contributed by atoms with E-state index in [9.17, 15) is 25.2 Å². The van der Waals surface area contributed by atoms with E-state index in [1.54, 1.807) is 0 Å². The third kappa shape index (κ3) is 53.4. The molecule has 0 aliphatic carbocycles. The lowest BCUT2D eigenvalue weighted by Crippen LogP contribution is -2.53. The first-order valence-electron chi connectivity index (χ1n) is 32.4. The maximum atomic E-state index is 12.6. The number of amides is 1. The number of unbranched alkanes of at least 4 members (excludes halogenated alkanes) is 45. The molecule has 0 spiro atoms. The van der Waals surface area contributed by atoms with E-state index in [2.05, 4.69) is 55.6 Å². The van der Waals surface area contributed by atoms with E-state index >= 15 is 0 Å². The zero-order chi connectivity index (χ0) is 52.3. The lowest BCUT2D eigenvalue weighted by atomic mass is 10.00. The molecular weight excluding hydrogens is 887 g/mol. The second kappa shape index (κ2) is 60.4. The fourth-order valence-corrected chi connectivity index (χ4v) is 10.2. The predicted octanol–water partition coefficient (Wildman–Crippen LogP) is 19.5. The highest BCUT2D eigenvalue weighted by Gasteiger charge is 2.28. The van der Waals surface area contributed by atoms with Gasteiger partial charge < -0.3 is 25.7 Å². The van der Waals surface area contributed by atoms with Gasteiger partial charge in [0, 0.05) is 0 Å². The molecule has 5 N–H and O–H groups in total. The smallest absolute Gasteiger partial charge is 0.249 e. The van der Waals surface area contributed by atoms with Crippen molar-refractivity contribution in [1.82, 2.24) is 5.32 Å². The van der Waals surface area contributed by atoms with Gasteiger partial charge in [0.25, 0.3) is 0 Å². The fraction of sp³-hybridized carbons (Fsp3) is 0.894. The summed E-state index contributed by atoms with van der Waals surface area (Å²) in [7, 11) is 0. The largest absolute Gasteiger partial charge is 0.394 e. The number of hydrogen-bond acceptors (Lipinski definition) is 5. The number of allylic oxidation sites excluding steroid dienone is 6. The number of rotatable bonds is 60. The van der Waals surface area contributed by atoms with Gasteiger partial charge >= 0.3 is 0 Å². The summed E-state index contributed by atoms with van der Waals surface area (Å²) in [5, 5.41) is 44.1. The molecule has 4 atom stereocenters. The molecule has 0 aromatic heterocycles. The lowest BCUT2D eigenvalue weighted by molar-refractivity contribution is -0.132. The van der Waals surface area contributed by atoms with E-state index in [1.165, 1.54) is 276 Å². The molecule has 0 rings (SSSR count). The van der Waals surface area contributed by atoms with Gasteiger partial charge in [0.1, 0.15) is 12.2 Å². The second-order valence-corrected chi connectivity index (χ2v) is 22.4. The Morgan fingerprint density at radius 3 is 0.875 bits per heavy atom. The standard InChI is InChI=1S/C66H127NO5/c1-3-5-7-9-11-13-15-17-19-21-23-25-27-29-31-32-33-34-36-37-39-41-43-45-47-49-51-53-55-57-59-63(69)65(71)62(61-68)67-66(72)64(70)60-58-56-54-52-50-48-46-44-42-40-38-35-30-28-26-24-22-20-18-16-14-12-10-8-6-4-2/h30,35,43,45,51,53,62-65,68-71H,3-29,31-34,36-42,44,46-50,52,54-61H2,1-2H3,(H,67,72)/b35-30-,45-43+,53-51+. The highest BCUT2D eigenvalue weighted by Crippen LogP contribution is 2.18. The van der Waals surface area contributed by atoms with Crippen LogP contribution in [0.3, 0.4) is 0 Å². The van der Waals surface area contributed by atoms with Gasteiger partial charge in [-0.1, -0.05) is 307 Å². The molecule has 6 nitrogen and oxygen atoms in total. The SMILES string of the molecule is CCCCCCCCCCCCCC/C=C\CCCCCCCCCCCCC(O)C(=O)NC(CO)C(O)C(O)CCC/C=C/CC/C=C/CCCCCCCCCCCCCCCCCCCCCCC. The van der Waals surface area contributed by atoms with Crippen molar-refractivity contribution >= 4 is 5.91 Å². The summed E-state index contributed by atoms with van der Waals surface area (Å²) in [5.74, 6) is -0.594. The molecule has 0 fully saturated rings. The Labute approximate surface area is 449 Å². The van der Waals surface area contributed by atoms with E-state index in [1.807, 2.05) is 0 Å². The molecule has 0 aromatic rings. The molecule has 0 saturated carbocycles. The van der Waals surface area contributed by atoms with Gasteiger partial charge in [-0.25, -0.2) is 0 Å². The van der Waals surface area contributed by atoms with Crippen LogP contribution in [0.25, 0.3) is 0 Å². The normalized spacial score (nSPS) is 13.8. The van der Waals surface area contributed by atoms with Crippen LogP contribution in [0.4, 0.5) is 0 Å². The quantitative estimate of drug-likeness (QED) is 0.0308. The van der Waals surface area contributed by atoms with Gasteiger partial charge in [-0.05, 0) is 77.0 Å². The van der Waals surface area contributed by atoms with Crippen molar-refractivity contribution in [2.45, 2.75) is 372 Å². The van der Waals surface area contributed by atoms with Crippen LogP contribution in [0.2, 0.25) is 0 Å². The summed E-state index contributed by atoms with van der Waals surface area (Å²) in [6.07, 6.45) is 76.8. The minimum Gasteiger partial charge on any atom is -0.394 e. The van der Waals surface area contributed by atoms with E-state index in [0.717, 1.165) is 38.5 Å². The average molecular weight is 1010 g/mol. The summed E-state index contributed by atoms with van der Waals surface area (Å²) >= 11 is 0. The minimum atomic E-state index is -1.29. The Kier molecular flexibility index (Phi) is 59.2. The second-order valence-electron chi connectivity index (χ2n) is 22.4. The minimum absolute atomic E-state index is 0.359. The predicted molar refractivity (Wildman–Crippen MR) is 316 cm³/mol. The van der Waals surface area contributed by atoms with Crippen molar-refractivity contribution in [2.24, 2.45) is 0 Å². The molecule has 6 heteroatoms. The van der Waals surface area contributed by atoms with Crippen LogP contribution >= 0.6 is 0 Å². The third-order valence-corrected chi connectivity index (χ3v) is 15.3. The molecule has 0 aliphatic rings. The number of carbonyl (C=O) groups excluding carboxylic acids is 1. The average Bonchev–Trinajstić information content (AvgIpc) is 3.39. The third-order valence-electron chi connectivity index (χ3n) is 15.3. The van der Waals surface area contributed by atoms with Crippen LogP contribution < -0.4 is 5.32 Å². The van der Waals surface area contributed by atoms with Crippen LogP contribution in [-0.4, -0.2) is 57.3 Å². The summed E-state index contributed by atoms with van der Waals surface area (Å²) < 4.78 is 0. The fourth-order valence-electron chi connectivity index (χ4n) is 10.2. The highest BCUT2D eigenvalue weighted by molar-refractivity contribution is 5.80. The van der Waals surface area contributed by atoms with E-state index in [-0.39, 0.29) is 0 Å². The van der Waals surface area contributed by atoms with E-state index in [0.29, 0.717) is 19.3 Å². The first kappa shape index (κ1) is 70.5. The molecule has 0 saturated heterocycles. The van der Waals surface area contributed by atoms with Crippen molar-refractivity contribution in [3.63, 3.8) is 0 Å². The van der Waals surface area contributed by atoms with Crippen molar-refractivity contribution < 1.29 is 25.2 Å². The molecule has 0 aliphatic heterocycles. The van der Waals surface area contributed by atoms with Crippen molar-refractivity contribution in [1.29, 1.82) is 0 Å². The van der Waals surface area contributed by atoms with E-state index < -0.39 is 36.9 Å². The summed E-state index contributed by atoms with van der Waals surface area (Å²) in [4.78, 5) is 12.6. The van der Waals surface area contributed by atoms with Crippen LogP contribution in [0, 0.1) is 0 Å². The Morgan fingerprint density at radius 1 is 0.333 bits per heavy atom. The van der Waals surface area contributed by atoms with Crippen LogP contribution in [0.1, 0.15) is 348 Å². The van der Waals surface area contributed by atoms with Gasteiger partial charge in [0.2, 0.25) is 5.91 Å². The Bertz CT molecular complexity index is 1140. The number of hydrogen-bond donors (Lipinski definition) is 5. The number of carbonyl (C=O) groups is 1. The van der Waals surface area contributed by atoms with Gasteiger partial charge in [0.05, 0.1) is 18.8 Å². The molecule has 1 amide bonds. The van der Waals surface area contributed by atoms with Gasteiger partial charge in [-0.2, -0.15) is 0 Å². The first-order chi connectivity index (χ1) is 35.5. The summed E-state index contributed by atoms with van der Waals surface area (Å²) in [6.45, 7) is 4.09. The maximum absolute atomic E-state index is 12.6. The molecule has 0 radical (unpaired) electrons. The molecule has 426 valence electrons. The number of nitrogens with one attached hydrogen (secondary N) is 1. The van der Waals surface area contributed by atoms with Crippen molar-refractivity contribution in [2.75, 3.05) is 6.61 Å². The van der Waals surface area contributed by atoms with Crippen LogP contribution in [0.15, 0.2) is 36.5 Å².